The van der Waals surface area contributed by atoms with Crippen LogP contribution in [0.25, 0.3) is 0 Å². The minimum absolute atomic E-state index is 0.0253. The Morgan fingerprint density at radius 1 is 1.50 bits per heavy atom. The Kier molecular flexibility index (Phi) is 1.92. The number of hydrogen-bond acceptors (Lipinski definition) is 4. The zero-order valence-electron chi connectivity index (χ0n) is 8.96. The van der Waals surface area contributed by atoms with E-state index in [1.807, 2.05) is 13.0 Å². The van der Waals surface area contributed by atoms with Crippen LogP contribution in [0.2, 0.25) is 0 Å². The summed E-state index contributed by atoms with van der Waals surface area (Å²) in [5.74, 6) is -0.438. The minimum Gasteiger partial charge on any atom is -0.507 e. The molecule has 2 aliphatic carbocycles. The van der Waals surface area contributed by atoms with E-state index in [1.165, 1.54) is 0 Å². The van der Waals surface area contributed by atoms with Crippen LogP contribution >= 0.6 is 0 Å². The normalized spacial score (nSPS) is 45.6. The summed E-state index contributed by atoms with van der Waals surface area (Å²) in [6.07, 6.45) is 3.31. The van der Waals surface area contributed by atoms with E-state index in [1.54, 1.807) is 6.08 Å². The third kappa shape index (κ3) is 1.11. The molecule has 86 valence electrons. The molecule has 0 spiro atoms. The van der Waals surface area contributed by atoms with Crippen molar-refractivity contribution in [2.24, 2.45) is 17.8 Å². The lowest BCUT2D eigenvalue weighted by molar-refractivity contribution is -0.145. The Morgan fingerprint density at radius 2 is 2.25 bits per heavy atom. The summed E-state index contributed by atoms with van der Waals surface area (Å²) < 4.78 is 5.28. The maximum atomic E-state index is 11.7. The first kappa shape index (κ1) is 9.90. The predicted molar refractivity (Wildman–Crippen MR) is 55.4 cm³/mol. The fraction of sp³-hybridized carbons (Fsp3) is 0.583. The molecule has 0 aromatic heterocycles. The van der Waals surface area contributed by atoms with Crippen LogP contribution in [0.15, 0.2) is 23.5 Å². The molecule has 1 saturated carbocycles. The summed E-state index contributed by atoms with van der Waals surface area (Å²) in [4.78, 5) is 11.7. The van der Waals surface area contributed by atoms with Crippen LogP contribution in [0.3, 0.4) is 0 Å². The van der Waals surface area contributed by atoms with Gasteiger partial charge in [0.25, 0.3) is 0 Å². The SMILES string of the molecule is C[C@@H]1[C@H]2OC(=O)C3=C(O)C=C[C@@H](C[C@H]1O)[C@H]32. The molecule has 1 saturated heterocycles. The Balaban J connectivity index is 2.07. The second-order valence-corrected chi connectivity index (χ2v) is 4.88. The molecule has 1 heterocycles. The number of hydrogen-bond donors (Lipinski definition) is 2. The van der Waals surface area contributed by atoms with Gasteiger partial charge >= 0.3 is 5.97 Å². The van der Waals surface area contributed by atoms with Crippen molar-refractivity contribution in [1.29, 1.82) is 0 Å². The Hall–Kier alpha value is -1.29. The van der Waals surface area contributed by atoms with Gasteiger partial charge in [0, 0.05) is 11.8 Å². The summed E-state index contributed by atoms with van der Waals surface area (Å²) in [5, 5.41) is 19.6. The molecular formula is C12H14O4. The molecule has 0 amide bonds. The number of ether oxygens (including phenoxy) is 1. The van der Waals surface area contributed by atoms with Crippen molar-refractivity contribution in [2.45, 2.75) is 25.6 Å². The molecule has 1 aliphatic heterocycles. The van der Waals surface area contributed by atoms with E-state index >= 15 is 0 Å². The molecule has 3 aliphatic rings. The fourth-order valence-electron chi connectivity index (χ4n) is 3.09. The van der Waals surface area contributed by atoms with E-state index in [9.17, 15) is 15.0 Å². The zero-order valence-corrected chi connectivity index (χ0v) is 8.96. The number of allylic oxidation sites excluding steroid dienone is 2. The monoisotopic (exact) mass is 222 g/mol. The number of rotatable bonds is 0. The third-order valence-electron chi connectivity index (χ3n) is 4.03. The lowest BCUT2D eigenvalue weighted by Crippen LogP contribution is -2.44. The van der Waals surface area contributed by atoms with E-state index in [0.717, 1.165) is 0 Å². The van der Waals surface area contributed by atoms with Crippen molar-refractivity contribution < 1.29 is 19.7 Å². The summed E-state index contributed by atoms with van der Waals surface area (Å²) >= 11 is 0. The van der Waals surface area contributed by atoms with Crippen molar-refractivity contribution in [1.82, 2.24) is 0 Å². The molecule has 0 bridgehead atoms. The van der Waals surface area contributed by atoms with Crippen molar-refractivity contribution in [3.05, 3.63) is 23.5 Å². The van der Waals surface area contributed by atoms with Crippen molar-refractivity contribution in [3.63, 3.8) is 0 Å². The van der Waals surface area contributed by atoms with E-state index in [2.05, 4.69) is 0 Å². The number of esters is 1. The number of carbonyl (C=O) groups excluding carboxylic acids is 1. The van der Waals surface area contributed by atoms with Gasteiger partial charge in [-0.2, -0.15) is 0 Å². The molecule has 0 aromatic rings. The second kappa shape index (κ2) is 3.10. The number of carbonyl (C=O) groups is 1. The maximum absolute atomic E-state index is 11.7. The first-order chi connectivity index (χ1) is 7.59. The summed E-state index contributed by atoms with van der Waals surface area (Å²) in [7, 11) is 0. The quantitative estimate of drug-likeness (QED) is 0.598. The van der Waals surface area contributed by atoms with Gasteiger partial charge in [-0.05, 0) is 18.4 Å². The molecule has 16 heavy (non-hydrogen) atoms. The molecule has 5 atom stereocenters. The van der Waals surface area contributed by atoms with Gasteiger partial charge in [-0.3, -0.25) is 0 Å². The first-order valence-electron chi connectivity index (χ1n) is 5.60. The number of aliphatic hydroxyl groups is 2. The standard InChI is InChI=1S/C12H14O4/c1-5-8(14)4-6-2-3-7(13)10-9(6)11(5)16-12(10)15/h2-3,5-6,8-9,11,13-14H,4H2,1H3/t5-,6-,8+,9+,11+/m0/s1. The van der Waals surface area contributed by atoms with E-state index in [4.69, 9.17) is 4.74 Å². The van der Waals surface area contributed by atoms with Gasteiger partial charge in [0.1, 0.15) is 11.9 Å². The van der Waals surface area contributed by atoms with E-state index in [0.29, 0.717) is 12.0 Å². The third-order valence-corrected chi connectivity index (χ3v) is 4.03. The van der Waals surface area contributed by atoms with E-state index in [-0.39, 0.29) is 29.6 Å². The minimum atomic E-state index is -0.441. The Morgan fingerprint density at radius 3 is 3.00 bits per heavy atom. The van der Waals surface area contributed by atoms with Gasteiger partial charge in [-0.1, -0.05) is 13.0 Å². The molecule has 0 unspecified atom stereocenters. The highest BCUT2D eigenvalue weighted by Crippen LogP contribution is 2.48. The second-order valence-electron chi connectivity index (χ2n) is 4.88. The lowest BCUT2D eigenvalue weighted by Gasteiger charge is -2.39. The highest BCUT2D eigenvalue weighted by atomic mass is 16.6. The highest BCUT2D eigenvalue weighted by Gasteiger charge is 2.53. The van der Waals surface area contributed by atoms with Crippen molar-refractivity contribution in [2.75, 3.05) is 0 Å². The Bertz CT molecular complexity index is 409. The molecule has 2 fully saturated rings. The summed E-state index contributed by atoms with van der Waals surface area (Å²) in [6, 6.07) is 0. The van der Waals surface area contributed by atoms with Gasteiger partial charge in [0.05, 0.1) is 11.7 Å². The maximum Gasteiger partial charge on any atom is 0.338 e. The smallest absolute Gasteiger partial charge is 0.338 e. The average Bonchev–Trinajstić information content (AvgIpc) is 2.59. The Labute approximate surface area is 93.2 Å². The molecule has 2 N–H and O–H groups in total. The number of aliphatic hydroxyl groups excluding tert-OH is 2. The van der Waals surface area contributed by atoms with Gasteiger partial charge in [0.15, 0.2) is 0 Å². The first-order valence-corrected chi connectivity index (χ1v) is 5.60. The zero-order chi connectivity index (χ0) is 11.4. The largest absolute Gasteiger partial charge is 0.507 e. The highest BCUT2D eigenvalue weighted by molar-refractivity contribution is 5.93. The van der Waals surface area contributed by atoms with E-state index < -0.39 is 12.1 Å². The molecule has 0 radical (unpaired) electrons. The molecule has 4 heteroatoms. The van der Waals surface area contributed by atoms with Crippen LogP contribution in [0.5, 0.6) is 0 Å². The summed E-state index contributed by atoms with van der Waals surface area (Å²) in [5.41, 5.74) is 0.399. The van der Waals surface area contributed by atoms with Crippen molar-refractivity contribution >= 4 is 5.97 Å². The van der Waals surface area contributed by atoms with Crippen LogP contribution in [0.1, 0.15) is 13.3 Å². The molecular weight excluding hydrogens is 208 g/mol. The van der Waals surface area contributed by atoms with Gasteiger partial charge in [-0.25, -0.2) is 4.79 Å². The molecule has 0 aromatic carbocycles. The predicted octanol–water partition coefficient (Wildman–Crippen LogP) is 0.927. The summed E-state index contributed by atoms with van der Waals surface area (Å²) in [6.45, 7) is 1.89. The topological polar surface area (TPSA) is 66.8 Å². The van der Waals surface area contributed by atoms with Crippen molar-refractivity contribution in [3.8, 4) is 0 Å². The van der Waals surface area contributed by atoms with Crippen LogP contribution in [0.4, 0.5) is 0 Å². The lowest BCUT2D eigenvalue weighted by atomic mass is 9.67. The van der Waals surface area contributed by atoms with Gasteiger partial charge < -0.3 is 14.9 Å². The molecule has 4 nitrogen and oxygen atoms in total. The van der Waals surface area contributed by atoms with Crippen LogP contribution in [0, 0.1) is 17.8 Å². The van der Waals surface area contributed by atoms with Crippen LogP contribution < -0.4 is 0 Å². The molecule has 3 rings (SSSR count). The van der Waals surface area contributed by atoms with Crippen LogP contribution in [-0.4, -0.2) is 28.4 Å². The van der Waals surface area contributed by atoms with Gasteiger partial charge in [-0.15, -0.1) is 0 Å². The average molecular weight is 222 g/mol. The fourth-order valence-corrected chi connectivity index (χ4v) is 3.09. The van der Waals surface area contributed by atoms with Crippen LogP contribution in [-0.2, 0) is 9.53 Å². The van der Waals surface area contributed by atoms with Gasteiger partial charge in [0.2, 0.25) is 0 Å².